The van der Waals surface area contributed by atoms with Gasteiger partial charge in [0.05, 0.1) is 0 Å². The van der Waals surface area contributed by atoms with E-state index >= 15 is 0 Å². The van der Waals surface area contributed by atoms with Gasteiger partial charge in [-0.25, -0.2) is 0 Å². The summed E-state index contributed by atoms with van der Waals surface area (Å²) in [6.45, 7) is 10.2. The van der Waals surface area contributed by atoms with E-state index in [4.69, 9.17) is 0 Å². The van der Waals surface area contributed by atoms with Crippen molar-refractivity contribution >= 4 is 21.6 Å². The van der Waals surface area contributed by atoms with Gasteiger partial charge in [0.15, 0.2) is 0 Å². The Labute approximate surface area is 132 Å². The van der Waals surface area contributed by atoms with Gasteiger partial charge < -0.3 is 10.2 Å². The van der Waals surface area contributed by atoms with Crippen LogP contribution in [0.25, 0.3) is 0 Å². The number of benzene rings is 1. The molecule has 0 bridgehead atoms. The molecular weight excluding hydrogens is 312 g/mol. The Balaban J connectivity index is 2.26. The molecule has 1 heterocycles. The maximum Gasteiger partial charge on any atom is 0.0425 e. The largest absolute Gasteiger partial charge is 0.371 e. The number of anilines is 1. The fourth-order valence-corrected chi connectivity index (χ4v) is 3.43. The van der Waals surface area contributed by atoms with Crippen molar-refractivity contribution in [1.29, 1.82) is 0 Å². The van der Waals surface area contributed by atoms with Gasteiger partial charge in [0.25, 0.3) is 0 Å². The Morgan fingerprint density at radius 1 is 1.35 bits per heavy atom. The first-order valence-corrected chi connectivity index (χ1v) is 8.69. The molecule has 1 aromatic carbocycles. The van der Waals surface area contributed by atoms with Crippen molar-refractivity contribution in [3.8, 4) is 0 Å². The van der Waals surface area contributed by atoms with Crippen LogP contribution in [0.4, 0.5) is 5.69 Å². The lowest BCUT2D eigenvalue weighted by atomic mass is 10.0. The summed E-state index contributed by atoms with van der Waals surface area (Å²) >= 11 is 3.64. The molecule has 2 nitrogen and oxygen atoms in total. The van der Waals surface area contributed by atoms with E-state index in [1.54, 1.807) is 0 Å². The lowest BCUT2D eigenvalue weighted by molar-refractivity contribution is 0.521. The van der Waals surface area contributed by atoms with Crippen LogP contribution >= 0.6 is 15.9 Å². The lowest BCUT2D eigenvalue weighted by Gasteiger charge is -2.28. The van der Waals surface area contributed by atoms with Crippen LogP contribution in [0, 0.1) is 5.92 Å². The van der Waals surface area contributed by atoms with Crippen molar-refractivity contribution in [3.05, 3.63) is 28.2 Å². The fourth-order valence-electron chi connectivity index (χ4n) is 3.08. The minimum absolute atomic E-state index is 0.406. The molecule has 0 radical (unpaired) electrons. The van der Waals surface area contributed by atoms with Crippen LogP contribution < -0.4 is 10.2 Å². The minimum Gasteiger partial charge on any atom is -0.371 e. The Morgan fingerprint density at radius 3 is 2.90 bits per heavy atom. The molecule has 0 spiro atoms. The van der Waals surface area contributed by atoms with Crippen LogP contribution in [0.1, 0.15) is 51.6 Å². The number of halogens is 1. The van der Waals surface area contributed by atoms with Gasteiger partial charge in [0.2, 0.25) is 0 Å². The third-order valence-corrected chi connectivity index (χ3v) is 4.82. The maximum atomic E-state index is 3.64. The number of hydrogen-bond donors (Lipinski definition) is 1. The predicted molar refractivity (Wildman–Crippen MR) is 91.5 cm³/mol. The van der Waals surface area contributed by atoms with Gasteiger partial charge in [-0.1, -0.05) is 35.8 Å². The van der Waals surface area contributed by atoms with Gasteiger partial charge in [-0.15, -0.1) is 0 Å². The number of rotatable bonds is 4. The Bertz CT molecular complexity index is 433. The molecule has 1 aromatic rings. The van der Waals surface area contributed by atoms with E-state index < -0.39 is 0 Å². The molecule has 3 heteroatoms. The Kier molecular flexibility index (Phi) is 5.91. The molecule has 2 rings (SSSR count). The van der Waals surface area contributed by atoms with Gasteiger partial charge in [0, 0.05) is 29.3 Å². The highest BCUT2D eigenvalue weighted by molar-refractivity contribution is 9.10. The van der Waals surface area contributed by atoms with Crippen molar-refractivity contribution in [2.75, 3.05) is 24.5 Å². The number of nitrogens with one attached hydrogen (secondary N) is 1. The zero-order valence-electron chi connectivity index (χ0n) is 13.0. The highest BCUT2D eigenvalue weighted by atomic mass is 79.9. The highest BCUT2D eigenvalue weighted by Gasteiger charge is 2.19. The molecule has 0 amide bonds. The van der Waals surface area contributed by atoms with Gasteiger partial charge in [-0.3, -0.25) is 0 Å². The van der Waals surface area contributed by atoms with E-state index in [2.05, 4.69) is 65.1 Å². The van der Waals surface area contributed by atoms with Crippen molar-refractivity contribution in [2.24, 2.45) is 5.92 Å². The van der Waals surface area contributed by atoms with Crippen LogP contribution in [-0.2, 0) is 0 Å². The monoisotopic (exact) mass is 338 g/mol. The minimum atomic E-state index is 0.406. The zero-order valence-corrected chi connectivity index (χ0v) is 14.5. The zero-order chi connectivity index (χ0) is 14.5. The predicted octanol–water partition coefficient (Wildman–Crippen LogP) is 4.75. The van der Waals surface area contributed by atoms with Crippen molar-refractivity contribution in [3.63, 3.8) is 0 Å². The van der Waals surface area contributed by atoms with Crippen molar-refractivity contribution in [2.45, 2.75) is 46.1 Å². The smallest absolute Gasteiger partial charge is 0.0425 e. The van der Waals surface area contributed by atoms with Gasteiger partial charge >= 0.3 is 0 Å². The van der Waals surface area contributed by atoms with E-state index in [0.29, 0.717) is 6.04 Å². The van der Waals surface area contributed by atoms with Crippen molar-refractivity contribution < 1.29 is 0 Å². The molecular formula is C17H27BrN2. The van der Waals surface area contributed by atoms with Gasteiger partial charge in [0.1, 0.15) is 0 Å². The summed E-state index contributed by atoms with van der Waals surface area (Å²) in [6, 6.07) is 7.12. The quantitative estimate of drug-likeness (QED) is 0.852. The molecule has 1 fully saturated rings. The summed E-state index contributed by atoms with van der Waals surface area (Å²) in [6.07, 6.45) is 3.98. The second kappa shape index (κ2) is 7.46. The summed E-state index contributed by atoms with van der Waals surface area (Å²) in [4.78, 5) is 2.58. The second-order valence-electron chi connectivity index (χ2n) is 6.01. The average Bonchev–Trinajstić information content (AvgIpc) is 2.63. The third-order valence-electron chi connectivity index (χ3n) is 4.33. The first-order valence-electron chi connectivity index (χ1n) is 7.89. The Hall–Kier alpha value is -0.540. The molecule has 1 saturated heterocycles. The third kappa shape index (κ3) is 3.98. The molecule has 20 heavy (non-hydrogen) atoms. The van der Waals surface area contributed by atoms with Crippen LogP contribution in [-0.4, -0.2) is 19.6 Å². The van der Waals surface area contributed by atoms with E-state index in [9.17, 15) is 0 Å². The van der Waals surface area contributed by atoms with Crippen LogP contribution in [0.3, 0.4) is 0 Å². The van der Waals surface area contributed by atoms with Gasteiger partial charge in [-0.05, 0) is 56.3 Å². The Morgan fingerprint density at radius 2 is 2.15 bits per heavy atom. The molecule has 112 valence electrons. The van der Waals surface area contributed by atoms with E-state index in [-0.39, 0.29) is 0 Å². The number of nitrogens with zero attached hydrogens (tertiary/aromatic N) is 1. The average molecular weight is 339 g/mol. The summed E-state index contributed by atoms with van der Waals surface area (Å²) in [5.41, 5.74) is 2.83. The normalized spacial score (nSPS) is 21.6. The molecule has 1 aliphatic rings. The SMILES string of the molecule is CCNC(C)c1ccc(Br)cc1N1CCCC(C)CC1. The van der Waals surface area contributed by atoms with E-state index in [1.807, 2.05) is 0 Å². The molecule has 2 unspecified atom stereocenters. The number of hydrogen-bond acceptors (Lipinski definition) is 2. The maximum absolute atomic E-state index is 3.64. The molecule has 0 aromatic heterocycles. The highest BCUT2D eigenvalue weighted by Crippen LogP contribution is 2.32. The van der Waals surface area contributed by atoms with Crippen LogP contribution in [0.2, 0.25) is 0 Å². The summed E-state index contributed by atoms with van der Waals surface area (Å²) < 4.78 is 1.18. The van der Waals surface area contributed by atoms with Crippen LogP contribution in [0.5, 0.6) is 0 Å². The van der Waals surface area contributed by atoms with Crippen LogP contribution in [0.15, 0.2) is 22.7 Å². The molecule has 1 aliphatic heterocycles. The molecule has 0 saturated carbocycles. The van der Waals surface area contributed by atoms with Gasteiger partial charge in [-0.2, -0.15) is 0 Å². The summed E-state index contributed by atoms with van der Waals surface area (Å²) in [5.74, 6) is 0.863. The van der Waals surface area contributed by atoms with E-state index in [1.165, 1.54) is 48.1 Å². The topological polar surface area (TPSA) is 15.3 Å². The molecule has 1 N–H and O–H groups in total. The summed E-state index contributed by atoms with van der Waals surface area (Å²) in [5, 5.41) is 3.54. The van der Waals surface area contributed by atoms with E-state index in [0.717, 1.165) is 12.5 Å². The second-order valence-corrected chi connectivity index (χ2v) is 6.92. The standard InChI is InChI=1S/C17H27BrN2/c1-4-19-14(3)16-8-7-15(18)12-17(16)20-10-5-6-13(2)9-11-20/h7-8,12-14,19H,4-6,9-11H2,1-3H3. The molecule has 0 aliphatic carbocycles. The summed E-state index contributed by atoms with van der Waals surface area (Å²) in [7, 11) is 0. The first kappa shape index (κ1) is 15.8. The lowest BCUT2D eigenvalue weighted by Crippen LogP contribution is -2.27. The van der Waals surface area contributed by atoms with Crippen molar-refractivity contribution in [1.82, 2.24) is 5.32 Å². The fraction of sp³-hybridized carbons (Fsp3) is 0.647. The first-order chi connectivity index (χ1) is 9.61. The molecule has 2 atom stereocenters.